The van der Waals surface area contributed by atoms with Gasteiger partial charge in [0.05, 0.1) is 25.7 Å². The van der Waals surface area contributed by atoms with Gasteiger partial charge in [-0.3, -0.25) is 4.79 Å². The zero-order chi connectivity index (χ0) is 22.6. The van der Waals surface area contributed by atoms with Gasteiger partial charge in [-0.05, 0) is 61.6 Å². The number of nitrogens with one attached hydrogen (secondary N) is 1. The highest BCUT2D eigenvalue weighted by atomic mass is 32.1. The fourth-order valence-electron chi connectivity index (χ4n) is 4.18. The summed E-state index contributed by atoms with van der Waals surface area (Å²) in [7, 11) is 1.61. The van der Waals surface area contributed by atoms with Crippen LogP contribution in [0.15, 0.2) is 53.3 Å². The number of aromatic amines is 1. The van der Waals surface area contributed by atoms with Crippen molar-refractivity contribution in [3.8, 4) is 28.6 Å². The van der Waals surface area contributed by atoms with Crippen LogP contribution < -0.4 is 19.8 Å². The lowest BCUT2D eigenvalue weighted by Crippen LogP contribution is -2.11. The largest absolute Gasteiger partial charge is 0.493 e. The number of fused-ring (bicyclic) bond motifs is 3. The second-order valence-electron chi connectivity index (χ2n) is 8.03. The Labute approximate surface area is 196 Å². The molecule has 0 saturated carbocycles. The number of nitrogens with zero attached hydrogens (tertiary/aromatic N) is 1. The molecule has 2 heterocycles. The zero-order valence-corrected chi connectivity index (χ0v) is 19.4. The van der Waals surface area contributed by atoms with Crippen LogP contribution in [0.1, 0.15) is 29.7 Å². The minimum Gasteiger partial charge on any atom is -0.493 e. The molecule has 0 atom stereocenters. The highest BCUT2D eigenvalue weighted by Gasteiger charge is 2.20. The van der Waals surface area contributed by atoms with Crippen LogP contribution in [0, 0.1) is 0 Å². The number of ether oxygens (including phenoxy) is 3. The topological polar surface area (TPSA) is 73.4 Å². The Bertz CT molecular complexity index is 1310. The first-order valence-corrected chi connectivity index (χ1v) is 12.1. The molecule has 1 aliphatic carbocycles. The molecule has 0 amide bonds. The molecular weight excluding hydrogens is 436 g/mol. The van der Waals surface area contributed by atoms with Gasteiger partial charge in [-0.15, -0.1) is 11.3 Å². The molecule has 0 fully saturated rings. The standard InChI is InChI=1S/C26H26N2O4S/c1-30-21-16-17(12-13-20(21)32-15-7-14-31-18-8-3-2-4-9-18)24-27-25(29)23-19-10-5-6-11-22(19)33-26(23)28-24/h2-4,8-9,12-13,16H,5-7,10-11,14-15H2,1H3,(H,27,28,29). The maximum atomic E-state index is 12.9. The summed E-state index contributed by atoms with van der Waals surface area (Å²) < 4.78 is 17.2. The minimum atomic E-state index is -0.0629. The maximum Gasteiger partial charge on any atom is 0.260 e. The fraction of sp³-hybridized carbons (Fsp3) is 0.308. The summed E-state index contributed by atoms with van der Waals surface area (Å²) in [5.74, 6) is 2.65. The second-order valence-corrected chi connectivity index (χ2v) is 9.12. The first kappa shape index (κ1) is 21.5. The molecule has 0 aliphatic heterocycles. The van der Waals surface area contributed by atoms with Crippen molar-refractivity contribution in [2.45, 2.75) is 32.1 Å². The monoisotopic (exact) mass is 462 g/mol. The number of benzene rings is 2. The molecule has 2 aromatic heterocycles. The Morgan fingerprint density at radius 2 is 1.82 bits per heavy atom. The summed E-state index contributed by atoms with van der Waals surface area (Å²) in [6.07, 6.45) is 5.07. The summed E-state index contributed by atoms with van der Waals surface area (Å²) in [6.45, 7) is 1.07. The Balaban J connectivity index is 1.29. The first-order valence-electron chi connectivity index (χ1n) is 11.3. The number of aryl methyl sites for hydroxylation is 2. The number of methoxy groups -OCH3 is 1. The summed E-state index contributed by atoms with van der Waals surface area (Å²) in [5, 5.41) is 0.767. The molecule has 0 spiro atoms. The normalized spacial score (nSPS) is 13.0. The fourth-order valence-corrected chi connectivity index (χ4v) is 5.44. The van der Waals surface area contributed by atoms with Crippen molar-refractivity contribution in [2.24, 2.45) is 0 Å². The lowest BCUT2D eigenvalue weighted by atomic mass is 9.97. The molecule has 0 unspecified atom stereocenters. The van der Waals surface area contributed by atoms with Gasteiger partial charge < -0.3 is 19.2 Å². The molecule has 7 heteroatoms. The first-order chi connectivity index (χ1) is 16.2. The van der Waals surface area contributed by atoms with E-state index in [2.05, 4.69) is 4.98 Å². The number of thiophene rings is 1. The van der Waals surface area contributed by atoms with Gasteiger partial charge in [-0.1, -0.05) is 18.2 Å². The molecule has 6 nitrogen and oxygen atoms in total. The number of aromatic nitrogens is 2. The molecular formula is C26H26N2O4S. The van der Waals surface area contributed by atoms with Gasteiger partial charge in [0.25, 0.3) is 5.56 Å². The number of hydrogen-bond donors (Lipinski definition) is 1. The minimum absolute atomic E-state index is 0.0629. The SMILES string of the molecule is COc1cc(-c2nc3sc4c(c3c(=O)[nH]2)CCCC4)ccc1OCCCOc1ccccc1. The highest BCUT2D eigenvalue weighted by Crippen LogP contribution is 2.35. The van der Waals surface area contributed by atoms with Gasteiger partial charge in [-0.2, -0.15) is 0 Å². The van der Waals surface area contributed by atoms with E-state index in [4.69, 9.17) is 19.2 Å². The van der Waals surface area contributed by atoms with Crippen molar-refractivity contribution in [3.05, 3.63) is 69.3 Å². The Kier molecular flexibility index (Phi) is 6.30. The van der Waals surface area contributed by atoms with E-state index in [1.54, 1.807) is 18.4 Å². The van der Waals surface area contributed by atoms with Gasteiger partial charge >= 0.3 is 0 Å². The molecule has 170 valence electrons. The van der Waals surface area contributed by atoms with E-state index >= 15 is 0 Å². The predicted octanol–water partition coefficient (Wildman–Crippen LogP) is 5.39. The molecule has 33 heavy (non-hydrogen) atoms. The van der Waals surface area contributed by atoms with Gasteiger partial charge in [-0.25, -0.2) is 4.98 Å². The Hall–Kier alpha value is -3.32. The van der Waals surface area contributed by atoms with Gasteiger partial charge in [0.2, 0.25) is 0 Å². The van der Waals surface area contributed by atoms with Crippen molar-refractivity contribution in [2.75, 3.05) is 20.3 Å². The third kappa shape index (κ3) is 4.59. The van der Waals surface area contributed by atoms with Crippen LogP contribution in [0.3, 0.4) is 0 Å². The van der Waals surface area contributed by atoms with Crippen molar-refractivity contribution in [3.63, 3.8) is 0 Å². The highest BCUT2D eigenvalue weighted by molar-refractivity contribution is 7.18. The third-order valence-corrected chi connectivity index (χ3v) is 7.01. The molecule has 0 saturated heterocycles. The van der Waals surface area contributed by atoms with Crippen LogP contribution in [0.25, 0.3) is 21.6 Å². The van der Waals surface area contributed by atoms with E-state index < -0.39 is 0 Å². The van der Waals surface area contributed by atoms with E-state index in [9.17, 15) is 4.79 Å². The average Bonchev–Trinajstić information content (AvgIpc) is 3.23. The van der Waals surface area contributed by atoms with Crippen molar-refractivity contribution in [1.29, 1.82) is 0 Å². The molecule has 1 aliphatic rings. The lowest BCUT2D eigenvalue weighted by molar-refractivity contribution is 0.240. The van der Waals surface area contributed by atoms with E-state index in [0.29, 0.717) is 30.5 Å². The summed E-state index contributed by atoms with van der Waals surface area (Å²) >= 11 is 1.65. The number of H-pyrrole nitrogens is 1. The summed E-state index contributed by atoms with van der Waals surface area (Å²) in [5.41, 5.74) is 1.92. The van der Waals surface area contributed by atoms with Crippen LogP contribution in [-0.2, 0) is 12.8 Å². The predicted molar refractivity (Wildman–Crippen MR) is 131 cm³/mol. The van der Waals surface area contributed by atoms with Gasteiger partial charge in [0.1, 0.15) is 16.4 Å². The Morgan fingerprint density at radius 3 is 2.67 bits per heavy atom. The second kappa shape index (κ2) is 9.67. The van der Waals surface area contributed by atoms with Crippen molar-refractivity contribution >= 4 is 21.6 Å². The van der Waals surface area contributed by atoms with Crippen LogP contribution in [0.5, 0.6) is 17.2 Å². The molecule has 1 N–H and O–H groups in total. The maximum absolute atomic E-state index is 12.9. The van der Waals surface area contributed by atoms with Gasteiger partial charge in [0.15, 0.2) is 11.5 Å². The smallest absolute Gasteiger partial charge is 0.260 e. The average molecular weight is 463 g/mol. The van der Waals surface area contributed by atoms with Crippen molar-refractivity contribution < 1.29 is 14.2 Å². The third-order valence-electron chi connectivity index (χ3n) is 5.82. The lowest BCUT2D eigenvalue weighted by Gasteiger charge is -2.12. The number of hydrogen-bond acceptors (Lipinski definition) is 6. The number of para-hydroxylation sites is 1. The number of rotatable bonds is 8. The van der Waals surface area contributed by atoms with Crippen LogP contribution in [0.2, 0.25) is 0 Å². The van der Waals surface area contributed by atoms with Crippen LogP contribution in [-0.4, -0.2) is 30.3 Å². The van der Waals surface area contributed by atoms with Crippen molar-refractivity contribution in [1.82, 2.24) is 9.97 Å². The van der Waals surface area contributed by atoms with E-state index in [-0.39, 0.29) is 5.56 Å². The summed E-state index contributed by atoms with van der Waals surface area (Å²) in [4.78, 5) is 22.8. The van der Waals surface area contributed by atoms with Crippen LogP contribution in [0.4, 0.5) is 0 Å². The summed E-state index contributed by atoms with van der Waals surface area (Å²) in [6, 6.07) is 15.3. The molecule has 0 radical (unpaired) electrons. The van der Waals surface area contributed by atoms with E-state index in [1.807, 2.05) is 48.5 Å². The zero-order valence-electron chi connectivity index (χ0n) is 18.6. The molecule has 2 aromatic carbocycles. The van der Waals surface area contributed by atoms with E-state index in [1.165, 1.54) is 16.9 Å². The molecule has 5 rings (SSSR count). The quantitative estimate of drug-likeness (QED) is 0.356. The Morgan fingerprint density at radius 1 is 1.00 bits per heavy atom. The van der Waals surface area contributed by atoms with Crippen LogP contribution >= 0.6 is 11.3 Å². The molecule has 4 aromatic rings. The molecule has 0 bridgehead atoms. The van der Waals surface area contributed by atoms with E-state index in [0.717, 1.165) is 47.2 Å². The van der Waals surface area contributed by atoms with Gasteiger partial charge in [0, 0.05) is 16.9 Å².